The molecule has 0 radical (unpaired) electrons. The first kappa shape index (κ1) is 13.2. The van der Waals surface area contributed by atoms with Crippen LogP contribution in [0.1, 0.15) is 17.3 Å². The number of hydrogen-bond acceptors (Lipinski definition) is 6. The van der Waals surface area contributed by atoms with E-state index < -0.39 is 16.8 Å². The third-order valence-electron chi connectivity index (χ3n) is 2.47. The maximum absolute atomic E-state index is 11.6. The molecule has 0 aliphatic carbocycles. The van der Waals surface area contributed by atoms with E-state index in [1.54, 1.807) is 6.92 Å². The summed E-state index contributed by atoms with van der Waals surface area (Å²) in [4.78, 5) is 23.1. The van der Waals surface area contributed by atoms with Gasteiger partial charge in [-0.25, -0.2) is 14.8 Å². The normalized spacial score (nSPS) is 12.4. The molecule has 2 aromatic rings. The fraction of sp³-hybridized carbons (Fsp3) is 0.167. The number of fused-ring (bicyclic) bond motifs is 1. The van der Waals surface area contributed by atoms with Gasteiger partial charge in [-0.2, -0.15) is 5.23 Å². The van der Waals surface area contributed by atoms with Gasteiger partial charge in [0.2, 0.25) is 0 Å². The van der Waals surface area contributed by atoms with E-state index in [9.17, 15) is 14.8 Å². The van der Waals surface area contributed by atoms with Gasteiger partial charge < -0.3 is 14.4 Å². The SMILES string of the molecule is CCOC(=O)c1cc2cc([NH+]([O-])O)ccc2oc1=O. The number of carbonyl (C=O) groups excluding carboxylic acids is 1. The largest absolute Gasteiger partial charge is 0.595 e. The van der Waals surface area contributed by atoms with Gasteiger partial charge in [-0.15, -0.1) is 0 Å². The molecule has 0 spiro atoms. The molecule has 1 aromatic heterocycles. The molecule has 0 aliphatic heterocycles. The van der Waals surface area contributed by atoms with Crippen molar-refractivity contribution >= 4 is 22.6 Å². The number of hydrogen-bond donors (Lipinski definition) is 2. The number of esters is 1. The zero-order valence-electron chi connectivity index (χ0n) is 10.0. The fourth-order valence-corrected chi connectivity index (χ4v) is 1.61. The minimum Gasteiger partial charge on any atom is -0.595 e. The molecule has 1 aromatic carbocycles. The van der Waals surface area contributed by atoms with E-state index in [1.807, 2.05) is 0 Å². The molecule has 1 unspecified atom stereocenters. The predicted molar refractivity (Wildman–Crippen MR) is 64.2 cm³/mol. The van der Waals surface area contributed by atoms with E-state index in [0.29, 0.717) is 5.39 Å². The summed E-state index contributed by atoms with van der Waals surface area (Å²) in [7, 11) is 0. The second-order valence-electron chi connectivity index (χ2n) is 3.73. The summed E-state index contributed by atoms with van der Waals surface area (Å²) in [5, 5.41) is 19.0. The summed E-state index contributed by atoms with van der Waals surface area (Å²) >= 11 is 0. The van der Waals surface area contributed by atoms with Gasteiger partial charge in [0.25, 0.3) is 0 Å². The van der Waals surface area contributed by atoms with Crippen LogP contribution < -0.4 is 10.9 Å². The predicted octanol–water partition coefficient (Wildman–Crippen LogP) is 0.373. The van der Waals surface area contributed by atoms with Crippen molar-refractivity contribution in [1.29, 1.82) is 0 Å². The van der Waals surface area contributed by atoms with Crippen LogP contribution in [-0.4, -0.2) is 17.8 Å². The van der Waals surface area contributed by atoms with Gasteiger partial charge in [0, 0.05) is 17.5 Å². The number of carbonyl (C=O) groups is 1. The lowest BCUT2D eigenvalue weighted by atomic mass is 10.1. The van der Waals surface area contributed by atoms with Crippen molar-refractivity contribution in [3.05, 3.63) is 45.5 Å². The van der Waals surface area contributed by atoms with Gasteiger partial charge in [-0.05, 0) is 19.1 Å². The maximum atomic E-state index is 11.6. The lowest BCUT2D eigenvalue weighted by Crippen LogP contribution is -2.99. The Kier molecular flexibility index (Phi) is 3.61. The number of ether oxygens (including phenoxy) is 1. The highest BCUT2D eigenvalue weighted by molar-refractivity contribution is 5.93. The highest BCUT2D eigenvalue weighted by Gasteiger charge is 2.15. The molecule has 0 aliphatic rings. The Morgan fingerprint density at radius 1 is 1.47 bits per heavy atom. The van der Waals surface area contributed by atoms with Crippen molar-refractivity contribution in [3.63, 3.8) is 0 Å². The van der Waals surface area contributed by atoms with Crippen LogP contribution in [0, 0.1) is 5.21 Å². The third kappa shape index (κ3) is 2.63. The summed E-state index contributed by atoms with van der Waals surface area (Å²) < 4.78 is 9.67. The molecule has 0 saturated heterocycles. The molecule has 0 amide bonds. The molecule has 0 bridgehead atoms. The summed E-state index contributed by atoms with van der Waals surface area (Å²) in [6, 6.07) is 5.28. The first-order valence-electron chi connectivity index (χ1n) is 5.51. The molecule has 7 nitrogen and oxygen atoms in total. The Morgan fingerprint density at radius 3 is 2.84 bits per heavy atom. The van der Waals surface area contributed by atoms with Crippen LogP contribution in [0.25, 0.3) is 11.0 Å². The second-order valence-corrected chi connectivity index (χ2v) is 3.73. The number of benzene rings is 1. The molecule has 1 heterocycles. The minimum atomic E-state index is -1.11. The first-order chi connectivity index (χ1) is 9.02. The van der Waals surface area contributed by atoms with Crippen LogP contribution >= 0.6 is 0 Å². The maximum Gasteiger partial charge on any atom is 0.351 e. The van der Waals surface area contributed by atoms with Gasteiger partial charge in [0.1, 0.15) is 11.1 Å². The van der Waals surface area contributed by atoms with Crippen molar-refractivity contribution < 1.29 is 24.4 Å². The van der Waals surface area contributed by atoms with Crippen LogP contribution in [0.4, 0.5) is 5.69 Å². The Balaban J connectivity index is 2.58. The summed E-state index contributed by atoms with van der Waals surface area (Å²) in [5.74, 6) is -0.793. The van der Waals surface area contributed by atoms with Crippen molar-refractivity contribution in [2.24, 2.45) is 0 Å². The smallest absolute Gasteiger partial charge is 0.351 e. The van der Waals surface area contributed by atoms with Gasteiger partial charge in [0.05, 0.1) is 6.61 Å². The van der Waals surface area contributed by atoms with Crippen molar-refractivity contribution in [3.8, 4) is 0 Å². The lowest BCUT2D eigenvalue weighted by molar-refractivity contribution is -0.991. The fourth-order valence-electron chi connectivity index (χ4n) is 1.61. The molecule has 1 atom stereocenters. The minimum absolute atomic E-state index is 0.0381. The standard InChI is InChI=1S/C12H11NO6/c1-2-18-11(14)9-6-7-5-8(13(16)17)3-4-10(7)19-12(9)15/h3-6,13,16H,2H2,1H3. The van der Waals surface area contributed by atoms with Gasteiger partial charge in [-0.1, -0.05) is 0 Å². The Morgan fingerprint density at radius 2 is 2.21 bits per heavy atom. The van der Waals surface area contributed by atoms with Gasteiger partial charge in [-0.3, -0.25) is 0 Å². The Labute approximate surface area is 107 Å². The highest BCUT2D eigenvalue weighted by Crippen LogP contribution is 2.17. The zero-order chi connectivity index (χ0) is 14.0. The number of quaternary nitrogens is 1. The Bertz CT molecular complexity index is 675. The van der Waals surface area contributed by atoms with Crippen LogP contribution in [0.15, 0.2) is 33.5 Å². The highest BCUT2D eigenvalue weighted by atomic mass is 16.8. The molecular formula is C12H11NO6. The van der Waals surface area contributed by atoms with Crippen LogP contribution in [0.5, 0.6) is 0 Å². The topological polar surface area (TPSA) is 104 Å². The summed E-state index contributed by atoms with van der Waals surface area (Å²) in [6.07, 6.45) is 0. The Hall–Kier alpha value is -2.22. The van der Waals surface area contributed by atoms with Gasteiger partial charge >= 0.3 is 11.6 Å². The molecule has 19 heavy (non-hydrogen) atoms. The van der Waals surface area contributed by atoms with E-state index in [-0.39, 0.29) is 23.4 Å². The van der Waals surface area contributed by atoms with Crippen LogP contribution in [-0.2, 0) is 4.74 Å². The van der Waals surface area contributed by atoms with E-state index >= 15 is 0 Å². The van der Waals surface area contributed by atoms with E-state index in [0.717, 1.165) is 0 Å². The van der Waals surface area contributed by atoms with Gasteiger partial charge in [0.15, 0.2) is 5.69 Å². The summed E-state index contributed by atoms with van der Waals surface area (Å²) in [6.45, 7) is 1.74. The summed E-state index contributed by atoms with van der Waals surface area (Å²) in [5.41, 5.74) is -0.815. The van der Waals surface area contributed by atoms with E-state index in [1.165, 1.54) is 24.3 Å². The van der Waals surface area contributed by atoms with Crippen molar-refractivity contribution in [2.75, 3.05) is 6.61 Å². The lowest BCUT2D eigenvalue weighted by Gasteiger charge is -2.11. The number of rotatable bonds is 3. The second kappa shape index (κ2) is 5.19. The third-order valence-corrected chi connectivity index (χ3v) is 2.47. The average Bonchev–Trinajstić information content (AvgIpc) is 2.37. The first-order valence-corrected chi connectivity index (χ1v) is 5.51. The monoisotopic (exact) mass is 265 g/mol. The zero-order valence-corrected chi connectivity index (χ0v) is 10.0. The molecule has 2 N–H and O–H groups in total. The van der Waals surface area contributed by atoms with E-state index in [4.69, 9.17) is 14.4 Å². The molecule has 100 valence electrons. The molecule has 0 fully saturated rings. The van der Waals surface area contributed by atoms with Crippen molar-refractivity contribution in [1.82, 2.24) is 0 Å². The van der Waals surface area contributed by atoms with E-state index in [2.05, 4.69) is 0 Å². The van der Waals surface area contributed by atoms with Crippen LogP contribution in [0.2, 0.25) is 0 Å². The molecular weight excluding hydrogens is 254 g/mol. The molecule has 0 saturated carbocycles. The molecule has 2 rings (SSSR count). The number of nitrogens with one attached hydrogen (secondary N) is 1. The van der Waals surface area contributed by atoms with Crippen molar-refractivity contribution in [2.45, 2.75) is 6.92 Å². The molecule has 7 heteroatoms. The average molecular weight is 265 g/mol. The van der Waals surface area contributed by atoms with Crippen LogP contribution in [0.3, 0.4) is 0 Å². The quantitative estimate of drug-likeness (QED) is 0.472.